The van der Waals surface area contributed by atoms with Crippen molar-refractivity contribution in [1.29, 1.82) is 0 Å². The number of thioether (sulfide) groups is 1. The van der Waals surface area contributed by atoms with Crippen LogP contribution in [-0.2, 0) is 0 Å². The van der Waals surface area contributed by atoms with Crippen molar-refractivity contribution in [3.05, 3.63) is 0 Å². The number of hydrogen-bond donors (Lipinski definition) is 0. The SMILES string of the molecule is C1=NCCS1.[Ce]. The summed E-state index contributed by atoms with van der Waals surface area (Å²) >= 11 is 1.78. The van der Waals surface area contributed by atoms with Crippen LogP contribution in [0.3, 0.4) is 0 Å². The van der Waals surface area contributed by atoms with Crippen LogP contribution < -0.4 is 0 Å². The van der Waals surface area contributed by atoms with Gasteiger partial charge in [-0.05, 0) is 0 Å². The second-order valence-corrected chi connectivity index (χ2v) is 1.83. The Kier molecular flexibility index (Phi) is 5.61. The molecule has 6 heavy (non-hydrogen) atoms. The summed E-state index contributed by atoms with van der Waals surface area (Å²) in [4.78, 5) is 3.92. The summed E-state index contributed by atoms with van der Waals surface area (Å²) in [5, 5.41) is 0. The van der Waals surface area contributed by atoms with Crippen molar-refractivity contribution in [3.63, 3.8) is 0 Å². The monoisotopic (exact) mass is 227 g/mol. The zero-order valence-electron chi connectivity index (χ0n) is 3.35. The molecule has 0 unspecified atom stereocenters. The van der Waals surface area contributed by atoms with Gasteiger partial charge in [0, 0.05) is 54.0 Å². The first-order valence-corrected chi connectivity index (χ1v) is 2.65. The normalized spacial score (nSPS) is 17.3. The van der Waals surface area contributed by atoms with Crippen LogP contribution >= 0.6 is 11.8 Å². The fourth-order valence-corrected chi connectivity index (χ4v) is 0.791. The van der Waals surface area contributed by atoms with Crippen LogP contribution in [0.5, 0.6) is 0 Å². The molecule has 0 amide bonds. The maximum absolute atomic E-state index is 3.92. The molecule has 0 atom stereocenters. The predicted octanol–water partition coefficient (Wildman–Crippen LogP) is 0.762. The molecule has 0 aliphatic carbocycles. The van der Waals surface area contributed by atoms with Crippen LogP contribution in [0.4, 0.5) is 0 Å². The maximum Gasteiger partial charge on any atom is 0.0542 e. The third kappa shape index (κ3) is 2.55. The van der Waals surface area contributed by atoms with Crippen molar-refractivity contribution in [2.45, 2.75) is 0 Å². The van der Waals surface area contributed by atoms with Gasteiger partial charge < -0.3 is 0 Å². The second-order valence-electron chi connectivity index (χ2n) is 0.882. The Morgan fingerprint density at radius 2 is 2.50 bits per heavy atom. The van der Waals surface area contributed by atoms with E-state index in [0.717, 1.165) is 6.54 Å². The van der Waals surface area contributed by atoms with Crippen molar-refractivity contribution in [2.75, 3.05) is 12.3 Å². The molecule has 1 aliphatic rings. The first-order valence-electron chi connectivity index (χ1n) is 1.60. The van der Waals surface area contributed by atoms with Crippen LogP contribution in [0.15, 0.2) is 4.99 Å². The summed E-state index contributed by atoms with van der Waals surface area (Å²) in [5.74, 6) is 1.19. The fraction of sp³-hybridized carbons (Fsp3) is 0.667. The molecular weight excluding hydrogens is 222 g/mol. The summed E-state index contributed by atoms with van der Waals surface area (Å²) in [6.07, 6.45) is 0. The molecule has 0 bridgehead atoms. The number of nitrogens with zero attached hydrogens (tertiary/aromatic N) is 1. The van der Waals surface area contributed by atoms with E-state index < -0.39 is 0 Å². The molecule has 0 saturated heterocycles. The van der Waals surface area contributed by atoms with Gasteiger partial charge in [-0.25, -0.2) is 0 Å². The zero-order chi connectivity index (χ0) is 3.54. The Hall–Kier alpha value is 1.40. The van der Waals surface area contributed by atoms with Gasteiger partial charge in [0.05, 0.1) is 5.55 Å². The van der Waals surface area contributed by atoms with Crippen LogP contribution in [-0.4, -0.2) is 17.8 Å². The number of rotatable bonds is 0. The van der Waals surface area contributed by atoms with E-state index in [9.17, 15) is 0 Å². The Morgan fingerprint density at radius 1 is 1.67 bits per heavy atom. The molecule has 0 saturated carbocycles. The maximum atomic E-state index is 3.92. The van der Waals surface area contributed by atoms with E-state index in [1.54, 1.807) is 11.8 Å². The summed E-state index contributed by atoms with van der Waals surface area (Å²) in [6, 6.07) is 0. The standard InChI is InChI=1S/C3H5NS.Ce/c1-2-5-3-4-1;/h3H,1-2H2;. The van der Waals surface area contributed by atoms with E-state index in [2.05, 4.69) is 4.99 Å². The van der Waals surface area contributed by atoms with Crippen molar-refractivity contribution in [3.8, 4) is 0 Å². The molecule has 0 aromatic rings. The van der Waals surface area contributed by atoms with Gasteiger partial charge in [-0.15, -0.1) is 11.8 Å². The van der Waals surface area contributed by atoms with Gasteiger partial charge in [-0.3, -0.25) is 4.99 Å². The third-order valence-corrected chi connectivity index (χ3v) is 1.20. The first kappa shape index (κ1) is 7.40. The van der Waals surface area contributed by atoms with Crippen molar-refractivity contribution in [1.82, 2.24) is 0 Å². The van der Waals surface area contributed by atoms with Gasteiger partial charge in [-0.1, -0.05) is 0 Å². The van der Waals surface area contributed by atoms with Gasteiger partial charge in [-0.2, -0.15) is 0 Å². The minimum Gasteiger partial charge on any atom is -0.285 e. The Morgan fingerprint density at radius 3 is 2.67 bits per heavy atom. The Bertz CT molecular complexity index is 48.8. The van der Waals surface area contributed by atoms with Gasteiger partial charge in [0.15, 0.2) is 0 Å². The molecule has 32 valence electrons. The summed E-state index contributed by atoms with van der Waals surface area (Å²) in [7, 11) is 0. The number of hydrogen-bond acceptors (Lipinski definition) is 2. The zero-order valence-corrected chi connectivity index (χ0v) is 7.30. The first-order chi connectivity index (χ1) is 2.50. The molecule has 0 radical (unpaired) electrons. The molecule has 3 heteroatoms. The molecule has 0 aromatic heterocycles. The molecule has 0 aromatic carbocycles. The topological polar surface area (TPSA) is 12.4 Å². The Labute approximate surface area is 75.4 Å². The molecule has 1 nitrogen and oxygen atoms in total. The predicted molar refractivity (Wildman–Crippen MR) is 25.8 cm³/mol. The smallest absolute Gasteiger partial charge is 0.0542 e. The van der Waals surface area contributed by atoms with E-state index in [1.807, 2.05) is 5.55 Å². The minimum atomic E-state index is 0. The van der Waals surface area contributed by atoms with Crippen molar-refractivity contribution >= 4 is 17.3 Å². The van der Waals surface area contributed by atoms with Crippen molar-refractivity contribution < 1.29 is 41.7 Å². The quantitative estimate of drug-likeness (QED) is 0.595. The van der Waals surface area contributed by atoms with E-state index >= 15 is 0 Å². The molecule has 0 fully saturated rings. The van der Waals surface area contributed by atoms with Gasteiger partial charge in [0.1, 0.15) is 0 Å². The third-order valence-electron chi connectivity index (χ3n) is 0.487. The minimum absolute atomic E-state index is 0. The molecule has 0 N–H and O–H groups in total. The summed E-state index contributed by atoms with van der Waals surface area (Å²) < 4.78 is 0. The largest absolute Gasteiger partial charge is 0.285 e. The van der Waals surface area contributed by atoms with Crippen molar-refractivity contribution in [2.24, 2.45) is 4.99 Å². The van der Waals surface area contributed by atoms with E-state index in [-0.39, 0.29) is 41.7 Å². The van der Waals surface area contributed by atoms with E-state index in [0.29, 0.717) is 0 Å². The van der Waals surface area contributed by atoms with Crippen LogP contribution in [0.1, 0.15) is 0 Å². The fourth-order valence-electron chi connectivity index (χ4n) is 0.264. The van der Waals surface area contributed by atoms with E-state index in [4.69, 9.17) is 0 Å². The Balaban J connectivity index is 0.000000250. The molecule has 0 spiro atoms. The molecular formula is C3H5CeNS. The molecule has 1 heterocycles. The average molecular weight is 227 g/mol. The molecule has 1 rings (SSSR count). The van der Waals surface area contributed by atoms with Gasteiger partial charge in [0.2, 0.25) is 0 Å². The summed E-state index contributed by atoms with van der Waals surface area (Å²) in [5.41, 5.74) is 1.90. The van der Waals surface area contributed by atoms with E-state index in [1.165, 1.54) is 5.75 Å². The molecule has 1 aliphatic heterocycles. The van der Waals surface area contributed by atoms with Crippen LogP contribution in [0.25, 0.3) is 0 Å². The second kappa shape index (κ2) is 4.55. The van der Waals surface area contributed by atoms with Crippen LogP contribution in [0.2, 0.25) is 0 Å². The summed E-state index contributed by atoms with van der Waals surface area (Å²) in [6.45, 7) is 1.03. The van der Waals surface area contributed by atoms with Gasteiger partial charge >= 0.3 is 0 Å². The van der Waals surface area contributed by atoms with Gasteiger partial charge in [0.25, 0.3) is 0 Å². The average Bonchev–Trinajstić information content (AvgIpc) is 1.76. The number of aliphatic imine (C=N–C) groups is 1. The van der Waals surface area contributed by atoms with Crippen LogP contribution in [0, 0.1) is 41.7 Å².